The SMILES string of the molecule is CC(=O)Nc1ccc(NC(=O)C(C#N)=Cc2ccc(-c3cccc(Cl)c3)o2)cc1. The molecule has 3 rings (SSSR count). The van der Waals surface area contributed by atoms with E-state index in [0.29, 0.717) is 27.9 Å². The Kier molecular flexibility index (Phi) is 6.12. The van der Waals surface area contributed by atoms with Gasteiger partial charge in [0.2, 0.25) is 5.91 Å². The molecule has 144 valence electrons. The number of nitriles is 1. The Bertz CT molecular complexity index is 1120. The van der Waals surface area contributed by atoms with Crippen LogP contribution in [0.5, 0.6) is 0 Å². The van der Waals surface area contributed by atoms with Gasteiger partial charge in [0.05, 0.1) is 0 Å². The third-order valence-electron chi connectivity index (χ3n) is 3.85. The minimum atomic E-state index is -0.569. The number of hydrogen-bond acceptors (Lipinski definition) is 4. The quantitative estimate of drug-likeness (QED) is 0.455. The Labute approximate surface area is 172 Å². The predicted octanol–water partition coefficient (Wildman–Crippen LogP) is 5.10. The fourth-order valence-electron chi connectivity index (χ4n) is 2.56. The zero-order valence-electron chi connectivity index (χ0n) is 15.4. The van der Waals surface area contributed by atoms with Gasteiger partial charge in [0.1, 0.15) is 23.2 Å². The largest absolute Gasteiger partial charge is 0.457 e. The smallest absolute Gasteiger partial charge is 0.266 e. The summed E-state index contributed by atoms with van der Waals surface area (Å²) in [4.78, 5) is 23.4. The van der Waals surface area contributed by atoms with E-state index in [-0.39, 0.29) is 11.5 Å². The molecule has 2 aromatic carbocycles. The maximum Gasteiger partial charge on any atom is 0.266 e. The number of hydrogen-bond donors (Lipinski definition) is 2. The standard InChI is InChI=1S/C22H16ClN3O3/c1-14(27)25-18-5-7-19(8-6-18)26-22(28)16(13-24)12-20-9-10-21(29-20)15-3-2-4-17(23)11-15/h2-12H,1H3,(H,25,27)(H,26,28). The van der Waals surface area contributed by atoms with Crippen molar-refractivity contribution in [1.29, 1.82) is 5.26 Å². The van der Waals surface area contributed by atoms with Gasteiger partial charge in [-0.1, -0.05) is 23.7 Å². The monoisotopic (exact) mass is 405 g/mol. The Morgan fingerprint density at radius 1 is 1.03 bits per heavy atom. The lowest BCUT2D eigenvalue weighted by Crippen LogP contribution is -2.13. The van der Waals surface area contributed by atoms with E-state index in [9.17, 15) is 14.9 Å². The van der Waals surface area contributed by atoms with Crippen LogP contribution in [0, 0.1) is 11.3 Å². The number of anilines is 2. The van der Waals surface area contributed by atoms with E-state index in [1.165, 1.54) is 13.0 Å². The summed E-state index contributed by atoms with van der Waals surface area (Å²) in [5, 5.41) is 15.2. The molecule has 0 radical (unpaired) electrons. The first-order valence-corrected chi connectivity index (χ1v) is 8.99. The Balaban J connectivity index is 1.73. The summed E-state index contributed by atoms with van der Waals surface area (Å²) < 4.78 is 5.70. The van der Waals surface area contributed by atoms with Crippen LogP contribution in [0.2, 0.25) is 5.02 Å². The molecular weight excluding hydrogens is 390 g/mol. The number of furan rings is 1. The zero-order valence-corrected chi connectivity index (χ0v) is 16.2. The third-order valence-corrected chi connectivity index (χ3v) is 4.09. The second kappa shape index (κ2) is 8.91. The molecule has 29 heavy (non-hydrogen) atoms. The molecule has 3 aromatic rings. The molecule has 6 nitrogen and oxygen atoms in total. The average Bonchev–Trinajstić information content (AvgIpc) is 3.16. The van der Waals surface area contributed by atoms with Gasteiger partial charge in [-0.15, -0.1) is 0 Å². The first-order chi connectivity index (χ1) is 13.9. The summed E-state index contributed by atoms with van der Waals surface area (Å²) in [6.07, 6.45) is 1.37. The lowest BCUT2D eigenvalue weighted by molar-refractivity contribution is -0.114. The van der Waals surface area contributed by atoms with Gasteiger partial charge in [0.15, 0.2) is 0 Å². The minimum Gasteiger partial charge on any atom is -0.457 e. The number of nitrogens with one attached hydrogen (secondary N) is 2. The van der Waals surface area contributed by atoms with Crippen LogP contribution in [0.4, 0.5) is 11.4 Å². The second-order valence-electron chi connectivity index (χ2n) is 6.09. The number of carbonyl (C=O) groups is 2. The van der Waals surface area contributed by atoms with Gasteiger partial charge in [-0.2, -0.15) is 5.26 Å². The van der Waals surface area contributed by atoms with Crippen molar-refractivity contribution in [3.63, 3.8) is 0 Å². The number of halogens is 1. The van der Waals surface area contributed by atoms with Crippen LogP contribution in [0.25, 0.3) is 17.4 Å². The van der Waals surface area contributed by atoms with E-state index in [0.717, 1.165) is 5.56 Å². The highest BCUT2D eigenvalue weighted by atomic mass is 35.5. The predicted molar refractivity (Wildman–Crippen MR) is 112 cm³/mol. The number of rotatable bonds is 5. The summed E-state index contributed by atoms with van der Waals surface area (Å²) >= 11 is 5.99. The number of amides is 2. The van der Waals surface area contributed by atoms with Gasteiger partial charge < -0.3 is 15.1 Å². The van der Waals surface area contributed by atoms with Crippen LogP contribution < -0.4 is 10.6 Å². The van der Waals surface area contributed by atoms with E-state index in [1.807, 2.05) is 12.1 Å². The summed E-state index contributed by atoms with van der Waals surface area (Å²) in [5.74, 6) is 0.185. The average molecular weight is 406 g/mol. The Morgan fingerprint density at radius 3 is 2.34 bits per heavy atom. The molecule has 2 N–H and O–H groups in total. The molecule has 0 atom stereocenters. The maximum absolute atomic E-state index is 12.4. The molecule has 7 heteroatoms. The molecular formula is C22H16ClN3O3. The lowest BCUT2D eigenvalue weighted by Gasteiger charge is -2.06. The van der Waals surface area contributed by atoms with Gasteiger partial charge in [0.25, 0.3) is 5.91 Å². The maximum atomic E-state index is 12.4. The fraction of sp³-hybridized carbons (Fsp3) is 0.0455. The van der Waals surface area contributed by atoms with Gasteiger partial charge in [-0.05, 0) is 48.5 Å². The molecule has 0 saturated carbocycles. The van der Waals surface area contributed by atoms with Crippen molar-refractivity contribution in [2.45, 2.75) is 6.92 Å². The molecule has 0 spiro atoms. The van der Waals surface area contributed by atoms with Crippen LogP contribution in [-0.2, 0) is 9.59 Å². The second-order valence-corrected chi connectivity index (χ2v) is 6.53. The normalized spacial score (nSPS) is 10.9. The Hall–Kier alpha value is -3.82. The van der Waals surface area contributed by atoms with E-state index >= 15 is 0 Å². The topological polar surface area (TPSA) is 95.1 Å². The molecule has 0 unspecified atom stereocenters. The summed E-state index contributed by atoms with van der Waals surface area (Å²) in [6, 6.07) is 19.0. The van der Waals surface area contributed by atoms with Crippen LogP contribution in [0.3, 0.4) is 0 Å². The van der Waals surface area contributed by atoms with E-state index in [1.54, 1.807) is 54.6 Å². The third kappa shape index (κ3) is 5.34. The van der Waals surface area contributed by atoms with Crippen molar-refractivity contribution < 1.29 is 14.0 Å². The minimum absolute atomic E-state index is 0.108. The van der Waals surface area contributed by atoms with Crippen LogP contribution >= 0.6 is 11.6 Å². The summed E-state index contributed by atoms with van der Waals surface area (Å²) in [6.45, 7) is 1.41. The van der Waals surface area contributed by atoms with Gasteiger partial charge in [0, 0.05) is 35.0 Å². The highest BCUT2D eigenvalue weighted by molar-refractivity contribution is 6.30. The van der Waals surface area contributed by atoms with E-state index in [2.05, 4.69) is 10.6 Å². The molecule has 1 aromatic heterocycles. The van der Waals surface area contributed by atoms with Crippen molar-refractivity contribution >= 4 is 40.9 Å². The lowest BCUT2D eigenvalue weighted by atomic mass is 10.2. The van der Waals surface area contributed by atoms with E-state index in [4.69, 9.17) is 16.0 Å². The molecule has 0 bridgehead atoms. The number of nitrogens with zero attached hydrogens (tertiary/aromatic N) is 1. The first kappa shape index (κ1) is 19.9. The van der Waals surface area contributed by atoms with Gasteiger partial charge in [-0.3, -0.25) is 9.59 Å². The van der Waals surface area contributed by atoms with Crippen molar-refractivity contribution in [1.82, 2.24) is 0 Å². The first-order valence-electron chi connectivity index (χ1n) is 8.61. The molecule has 0 aliphatic rings. The molecule has 1 heterocycles. The summed E-state index contributed by atoms with van der Waals surface area (Å²) in [7, 11) is 0. The van der Waals surface area contributed by atoms with Gasteiger partial charge >= 0.3 is 0 Å². The molecule has 0 aliphatic carbocycles. The molecule has 2 amide bonds. The van der Waals surface area contributed by atoms with Crippen LogP contribution in [0.15, 0.2) is 70.7 Å². The zero-order chi connectivity index (χ0) is 20.8. The van der Waals surface area contributed by atoms with Crippen molar-refractivity contribution in [3.05, 3.63) is 77.0 Å². The van der Waals surface area contributed by atoms with Crippen molar-refractivity contribution in [3.8, 4) is 17.4 Å². The molecule has 0 saturated heterocycles. The van der Waals surface area contributed by atoms with Gasteiger partial charge in [-0.25, -0.2) is 0 Å². The number of carbonyl (C=O) groups excluding carboxylic acids is 2. The highest BCUT2D eigenvalue weighted by Crippen LogP contribution is 2.26. The van der Waals surface area contributed by atoms with Crippen molar-refractivity contribution in [2.24, 2.45) is 0 Å². The summed E-state index contributed by atoms with van der Waals surface area (Å²) in [5.41, 5.74) is 1.78. The van der Waals surface area contributed by atoms with Crippen molar-refractivity contribution in [2.75, 3.05) is 10.6 Å². The molecule has 0 fully saturated rings. The fourth-order valence-corrected chi connectivity index (χ4v) is 2.75. The number of benzene rings is 2. The Morgan fingerprint density at radius 2 is 1.72 bits per heavy atom. The van der Waals surface area contributed by atoms with Crippen LogP contribution in [0.1, 0.15) is 12.7 Å². The van der Waals surface area contributed by atoms with E-state index < -0.39 is 5.91 Å². The molecule has 0 aliphatic heterocycles. The highest BCUT2D eigenvalue weighted by Gasteiger charge is 2.12. The van der Waals surface area contributed by atoms with Crippen LogP contribution in [-0.4, -0.2) is 11.8 Å².